The molecule has 1 aromatic carbocycles. The van der Waals surface area contributed by atoms with Crippen molar-refractivity contribution in [2.45, 2.75) is 36.6 Å². The van der Waals surface area contributed by atoms with Crippen molar-refractivity contribution in [3.63, 3.8) is 0 Å². The molecular weight excluding hydrogens is 342 g/mol. The second-order valence-corrected chi connectivity index (χ2v) is 8.27. The third-order valence-corrected chi connectivity index (χ3v) is 6.59. The van der Waals surface area contributed by atoms with Gasteiger partial charge in [0.15, 0.2) is 0 Å². The van der Waals surface area contributed by atoms with Crippen LogP contribution in [0.3, 0.4) is 0 Å². The van der Waals surface area contributed by atoms with Gasteiger partial charge in [-0.2, -0.15) is 0 Å². The molecule has 2 aliphatic carbocycles. The first-order valence-electron chi connectivity index (χ1n) is 6.85. The van der Waals surface area contributed by atoms with E-state index in [4.69, 9.17) is 4.74 Å². The molecule has 110 valence electrons. The van der Waals surface area contributed by atoms with E-state index in [9.17, 15) is 8.42 Å². The Morgan fingerprint density at radius 3 is 2.65 bits per heavy atom. The first kappa shape index (κ1) is 14.4. The number of methoxy groups -OCH3 is 1. The van der Waals surface area contributed by atoms with Gasteiger partial charge in [0.05, 0.1) is 16.5 Å². The van der Waals surface area contributed by atoms with Crippen LogP contribution in [0.5, 0.6) is 5.75 Å². The molecule has 0 spiro atoms. The van der Waals surface area contributed by atoms with Gasteiger partial charge in [-0.05, 0) is 65.2 Å². The summed E-state index contributed by atoms with van der Waals surface area (Å²) in [6.45, 7) is 0. The molecule has 0 heterocycles. The molecule has 0 saturated heterocycles. The Hall–Kier alpha value is -0.590. The molecule has 3 atom stereocenters. The lowest BCUT2D eigenvalue weighted by Gasteiger charge is -2.22. The normalized spacial score (nSPS) is 28.8. The Balaban J connectivity index is 1.79. The molecular formula is C14H18BrNO3S. The molecule has 3 rings (SSSR count). The lowest BCUT2D eigenvalue weighted by Crippen LogP contribution is -2.38. The fraction of sp³-hybridized carbons (Fsp3) is 0.571. The van der Waals surface area contributed by atoms with Crippen molar-refractivity contribution in [2.75, 3.05) is 7.11 Å². The predicted molar refractivity (Wildman–Crippen MR) is 80.3 cm³/mol. The van der Waals surface area contributed by atoms with Gasteiger partial charge in [-0.25, -0.2) is 13.1 Å². The third kappa shape index (κ3) is 2.61. The SMILES string of the molecule is COc1ccc(S(=O)(=O)NC2CC3CCC2C3)cc1Br. The monoisotopic (exact) mass is 359 g/mol. The van der Waals surface area contributed by atoms with Gasteiger partial charge in [0, 0.05) is 6.04 Å². The molecule has 4 nitrogen and oxygen atoms in total. The molecule has 0 amide bonds. The van der Waals surface area contributed by atoms with Gasteiger partial charge < -0.3 is 4.74 Å². The quantitative estimate of drug-likeness (QED) is 0.898. The molecule has 6 heteroatoms. The van der Waals surface area contributed by atoms with Gasteiger partial charge in [0.1, 0.15) is 5.75 Å². The van der Waals surface area contributed by atoms with Gasteiger partial charge in [-0.1, -0.05) is 6.42 Å². The minimum atomic E-state index is -3.45. The van der Waals surface area contributed by atoms with Crippen LogP contribution in [0.15, 0.2) is 27.6 Å². The van der Waals surface area contributed by atoms with Gasteiger partial charge in [-0.3, -0.25) is 0 Å². The zero-order valence-electron chi connectivity index (χ0n) is 11.3. The highest BCUT2D eigenvalue weighted by molar-refractivity contribution is 9.10. The van der Waals surface area contributed by atoms with E-state index in [2.05, 4.69) is 20.7 Å². The highest BCUT2D eigenvalue weighted by Gasteiger charge is 2.41. The van der Waals surface area contributed by atoms with Crippen LogP contribution >= 0.6 is 15.9 Å². The molecule has 20 heavy (non-hydrogen) atoms. The fourth-order valence-corrected chi connectivity index (χ4v) is 5.51. The Labute approximate surface area is 128 Å². The average Bonchev–Trinajstić information content (AvgIpc) is 3.00. The summed E-state index contributed by atoms with van der Waals surface area (Å²) in [5.41, 5.74) is 0. The second-order valence-electron chi connectivity index (χ2n) is 5.70. The van der Waals surface area contributed by atoms with Crippen LogP contribution < -0.4 is 9.46 Å². The number of halogens is 1. The van der Waals surface area contributed by atoms with Crippen LogP contribution in [0.2, 0.25) is 0 Å². The van der Waals surface area contributed by atoms with Gasteiger partial charge in [-0.15, -0.1) is 0 Å². The molecule has 2 aliphatic rings. The van der Waals surface area contributed by atoms with Crippen molar-refractivity contribution in [1.29, 1.82) is 0 Å². The van der Waals surface area contributed by atoms with E-state index in [0.717, 1.165) is 18.8 Å². The number of benzene rings is 1. The topological polar surface area (TPSA) is 55.4 Å². The number of hydrogen-bond acceptors (Lipinski definition) is 3. The van der Waals surface area contributed by atoms with E-state index < -0.39 is 10.0 Å². The van der Waals surface area contributed by atoms with Gasteiger partial charge in [0.25, 0.3) is 0 Å². The molecule has 3 unspecified atom stereocenters. The Kier molecular flexibility index (Phi) is 3.81. The fourth-order valence-electron chi connectivity index (χ4n) is 3.47. The van der Waals surface area contributed by atoms with E-state index in [1.807, 2.05) is 0 Å². The first-order chi connectivity index (χ1) is 9.49. The van der Waals surface area contributed by atoms with Crippen LogP contribution in [0, 0.1) is 11.8 Å². The highest BCUT2D eigenvalue weighted by Crippen LogP contribution is 2.44. The number of sulfonamides is 1. The number of rotatable bonds is 4. The van der Waals surface area contributed by atoms with Crippen molar-refractivity contribution in [3.8, 4) is 5.75 Å². The van der Waals surface area contributed by atoms with Crippen LogP contribution in [0.1, 0.15) is 25.7 Å². The maximum Gasteiger partial charge on any atom is 0.240 e. The van der Waals surface area contributed by atoms with Crippen molar-refractivity contribution < 1.29 is 13.2 Å². The molecule has 2 saturated carbocycles. The number of hydrogen-bond donors (Lipinski definition) is 1. The summed E-state index contributed by atoms with van der Waals surface area (Å²) in [5, 5.41) is 0. The largest absolute Gasteiger partial charge is 0.496 e. The minimum absolute atomic E-state index is 0.111. The smallest absolute Gasteiger partial charge is 0.240 e. The average molecular weight is 360 g/mol. The maximum absolute atomic E-state index is 12.4. The van der Waals surface area contributed by atoms with Crippen molar-refractivity contribution in [3.05, 3.63) is 22.7 Å². The highest BCUT2D eigenvalue weighted by atomic mass is 79.9. The van der Waals surface area contributed by atoms with E-state index >= 15 is 0 Å². The summed E-state index contributed by atoms with van der Waals surface area (Å²) in [7, 11) is -1.89. The molecule has 2 bridgehead atoms. The summed E-state index contributed by atoms with van der Waals surface area (Å²) in [6.07, 6.45) is 4.59. The van der Waals surface area contributed by atoms with Crippen molar-refractivity contribution in [1.82, 2.24) is 4.72 Å². The van der Waals surface area contributed by atoms with Crippen LogP contribution in [-0.4, -0.2) is 21.6 Å². The predicted octanol–water partition coefficient (Wildman–Crippen LogP) is 2.92. The summed E-state index contributed by atoms with van der Waals surface area (Å²) < 4.78 is 33.5. The lowest BCUT2D eigenvalue weighted by atomic mass is 9.96. The zero-order chi connectivity index (χ0) is 14.3. The lowest BCUT2D eigenvalue weighted by molar-refractivity contribution is 0.390. The van der Waals surface area contributed by atoms with Crippen LogP contribution in [0.25, 0.3) is 0 Å². The van der Waals surface area contributed by atoms with Crippen molar-refractivity contribution >= 4 is 26.0 Å². The van der Waals surface area contributed by atoms with E-state index in [1.54, 1.807) is 25.3 Å². The first-order valence-corrected chi connectivity index (χ1v) is 9.13. The minimum Gasteiger partial charge on any atom is -0.496 e. The van der Waals surface area contributed by atoms with Crippen LogP contribution in [-0.2, 0) is 10.0 Å². The molecule has 0 aliphatic heterocycles. The van der Waals surface area contributed by atoms with Gasteiger partial charge in [0.2, 0.25) is 10.0 Å². The molecule has 1 N–H and O–H groups in total. The molecule has 2 fully saturated rings. The standard InChI is InChI=1S/C14H18BrNO3S/c1-19-14-5-4-11(8-12(14)15)20(17,18)16-13-7-9-2-3-10(13)6-9/h4-5,8-10,13,16H,2-3,6-7H2,1H3. The Bertz CT molecular complexity index is 617. The number of ether oxygens (including phenoxy) is 1. The summed E-state index contributed by atoms with van der Waals surface area (Å²) in [4.78, 5) is 0.285. The summed E-state index contributed by atoms with van der Waals surface area (Å²) in [5.74, 6) is 1.87. The molecule has 0 radical (unpaired) electrons. The van der Waals surface area contributed by atoms with E-state index in [-0.39, 0.29) is 10.9 Å². The number of nitrogens with one attached hydrogen (secondary N) is 1. The van der Waals surface area contributed by atoms with Crippen LogP contribution in [0.4, 0.5) is 0 Å². The van der Waals surface area contributed by atoms with E-state index in [1.165, 1.54) is 12.8 Å². The third-order valence-electron chi connectivity index (χ3n) is 4.48. The Morgan fingerprint density at radius 2 is 2.10 bits per heavy atom. The number of fused-ring (bicyclic) bond motifs is 2. The molecule has 0 aromatic heterocycles. The van der Waals surface area contributed by atoms with E-state index in [0.29, 0.717) is 16.1 Å². The zero-order valence-corrected chi connectivity index (χ0v) is 13.7. The second kappa shape index (κ2) is 5.31. The summed E-state index contributed by atoms with van der Waals surface area (Å²) in [6, 6.07) is 4.95. The summed E-state index contributed by atoms with van der Waals surface area (Å²) >= 11 is 3.33. The van der Waals surface area contributed by atoms with Gasteiger partial charge >= 0.3 is 0 Å². The van der Waals surface area contributed by atoms with Crippen molar-refractivity contribution in [2.24, 2.45) is 11.8 Å². The maximum atomic E-state index is 12.4. The Morgan fingerprint density at radius 1 is 1.30 bits per heavy atom. The molecule has 1 aromatic rings.